The molecule has 1 aliphatic carbocycles. The Bertz CT molecular complexity index is 287. The summed E-state index contributed by atoms with van der Waals surface area (Å²) in [5.74, 6) is 0.582. The van der Waals surface area contributed by atoms with Gasteiger partial charge in [0.1, 0.15) is 0 Å². The maximum absolute atomic E-state index is 5.80. The normalized spacial score (nSPS) is 18.3. The Balaban J connectivity index is 2.20. The SMILES string of the molecule is Cc1nn(C2CCCC2)cc1CCl. The number of hydrogen-bond acceptors (Lipinski definition) is 1. The van der Waals surface area contributed by atoms with Gasteiger partial charge in [0, 0.05) is 11.8 Å². The van der Waals surface area contributed by atoms with Crippen LogP contribution in [0.4, 0.5) is 0 Å². The van der Waals surface area contributed by atoms with Crippen LogP contribution in [-0.4, -0.2) is 9.78 Å². The third-order valence-corrected chi connectivity index (χ3v) is 3.15. The maximum atomic E-state index is 5.80. The fourth-order valence-corrected chi connectivity index (χ4v) is 2.27. The van der Waals surface area contributed by atoms with E-state index >= 15 is 0 Å². The van der Waals surface area contributed by atoms with E-state index in [4.69, 9.17) is 11.6 Å². The zero-order chi connectivity index (χ0) is 9.26. The molecule has 0 saturated heterocycles. The van der Waals surface area contributed by atoms with Crippen molar-refractivity contribution in [1.29, 1.82) is 0 Å². The molecule has 2 nitrogen and oxygen atoms in total. The molecular formula is C10H15ClN2. The van der Waals surface area contributed by atoms with Gasteiger partial charge in [-0.1, -0.05) is 12.8 Å². The van der Waals surface area contributed by atoms with Crippen molar-refractivity contribution in [2.75, 3.05) is 0 Å². The highest BCUT2D eigenvalue weighted by molar-refractivity contribution is 6.17. The first-order chi connectivity index (χ1) is 6.31. The molecule has 0 unspecified atom stereocenters. The third kappa shape index (κ3) is 1.73. The van der Waals surface area contributed by atoms with Gasteiger partial charge in [-0.25, -0.2) is 0 Å². The summed E-state index contributed by atoms with van der Waals surface area (Å²) in [6.45, 7) is 2.03. The van der Waals surface area contributed by atoms with Gasteiger partial charge < -0.3 is 0 Å². The molecule has 1 saturated carbocycles. The average molecular weight is 199 g/mol. The largest absolute Gasteiger partial charge is 0.269 e. The van der Waals surface area contributed by atoms with Crippen molar-refractivity contribution in [3.63, 3.8) is 0 Å². The number of halogens is 1. The molecule has 1 fully saturated rings. The van der Waals surface area contributed by atoms with Crippen LogP contribution in [0.1, 0.15) is 43.0 Å². The Morgan fingerprint density at radius 1 is 1.54 bits per heavy atom. The second-order valence-corrected chi connectivity index (χ2v) is 4.06. The lowest BCUT2D eigenvalue weighted by molar-refractivity contribution is 0.464. The van der Waals surface area contributed by atoms with Crippen molar-refractivity contribution in [1.82, 2.24) is 9.78 Å². The van der Waals surface area contributed by atoms with Gasteiger partial charge in [0.25, 0.3) is 0 Å². The van der Waals surface area contributed by atoms with E-state index in [1.165, 1.54) is 31.2 Å². The van der Waals surface area contributed by atoms with Gasteiger partial charge in [0.2, 0.25) is 0 Å². The van der Waals surface area contributed by atoms with Gasteiger partial charge in [0.05, 0.1) is 17.6 Å². The van der Waals surface area contributed by atoms with Crippen molar-refractivity contribution < 1.29 is 0 Å². The van der Waals surface area contributed by atoms with Gasteiger partial charge in [-0.3, -0.25) is 4.68 Å². The van der Waals surface area contributed by atoms with E-state index in [9.17, 15) is 0 Å². The van der Waals surface area contributed by atoms with E-state index in [0.29, 0.717) is 11.9 Å². The highest BCUT2D eigenvalue weighted by Crippen LogP contribution is 2.29. The van der Waals surface area contributed by atoms with Gasteiger partial charge in [-0.05, 0) is 19.8 Å². The molecule has 0 N–H and O–H groups in total. The molecule has 1 aromatic heterocycles. The van der Waals surface area contributed by atoms with E-state index in [2.05, 4.69) is 16.0 Å². The molecular weight excluding hydrogens is 184 g/mol. The number of nitrogens with zero attached hydrogens (tertiary/aromatic N) is 2. The number of hydrogen-bond donors (Lipinski definition) is 0. The van der Waals surface area contributed by atoms with Crippen molar-refractivity contribution >= 4 is 11.6 Å². The number of alkyl halides is 1. The molecule has 0 spiro atoms. The summed E-state index contributed by atoms with van der Waals surface area (Å²) in [7, 11) is 0. The lowest BCUT2D eigenvalue weighted by Gasteiger charge is -2.08. The van der Waals surface area contributed by atoms with Crippen LogP contribution in [-0.2, 0) is 5.88 Å². The molecule has 3 heteroatoms. The first-order valence-electron chi connectivity index (χ1n) is 4.92. The summed E-state index contributed by atoms with van der Waals surface area (Å²) in [6, 6.07) is 0.635. The minimum atomic E-state index is 0.582. The van der Waals surface area contributed by atoms with Gasteiger partial charge in [0.15, 0.2) is 0 Å². The van der Waals surface area contributed by atoms with Crippen molar-refractivity contribution in [3.05, 3.63) is 17.5 Å². The zero-order valence-corrected chi connectivity index (χ0v) is 8.72. The van der Waals surface area contributed by atoms with E-state index in [0.717, 1.165) is 5.69 Å². The van der Waals surface area contributed by atoms with Crippen LogP contribution in [0.3, 0.4) is 0 Å². The summed E-state index contributed by atoms with van der Waals surface area (Å²) in [5.41, 5.74) is 2.26. The summed E-state index contributed by atoms with van der Waals surface area (Å²) in [5, 5.41) is 4.50. The predicted molar refractivity (Wildman–Crippen MR) is 54.0 cm³/mol. The van der Waals surface area contributed by atoms with Crippen LogP contribution in [0.25, 0.3) is 0 Å². The zero-order valence-electron chi connectivity index (χ0n) is 7.96. The fourth-order valence-electron chi connectivity index (χ4n) is 2.01. The van der Waals surface area contributed by atoms with E-state index in [1.54, 1.807) is 0 Å². The van der Waals surface area contributed by atoms with Crippen LogP contribution in [0.5, 0.6) is 0 Å². The van der Waals surface area contributed by atoms with E-state index in [1.807, 2.05) is 6.92 Å². The molecule has 1 aliphatic rings. The molecule has 0 aliphatic heterocycles. The molecule has 1 heterocycles. The molecule has 72 valence electrons. The fraction of sp³-hybridized carbons (Fsp3) is 0.700. The average Bonchev–Trinajstić information content (AvgIpc) is 2.71. The van der Waals surface area contributed by atoms with E-state index in [-0.39, 0.29) is 0 Å². The second kappa shape index (κ2) is 3.70. The monoisotopic (exact) mass is 198 g/mol. The summed E-state index contributed by atoms with van der Waals surface area (Å²) in [4.78, 5) is 0. The summed E-state index contributed by atoms with van der Waals surface area (Å²) < 4.78 is 2.11. The van der Waals surface area contributed by atoms with Crippen molar-refractivity contribution in [3.8, 4) is 0 Å². The Kier molecular flexibility index (Phi) is 2.58. The molecule has 0 radical (unpaired) electrons. The molecule has 0 aromatic carbocycles. The van der Waals surface area contributed by atoms with Crippen LogP contribution in [0.15, 0.2) is 6.20 Å². The Morgan fingerprint density at radius 3 is 2.77 bits per heavy atom. The Hall–Kier alpha value is -0.500. The molecule has 0 amide bonds. The van der Waals surface area contributed by atoms with Crippen LogP contribution in [0.2, 0.25) is 0 Å². The second-order valence-electron chi connectivity index (χ2n) is 3.79. The van der Waals surface area contributed by atoms with Gasteiger partial charge in [-0.15, -0.1) is 11.6 Å². The number of aromatic nitrogens is 2. The summed E-state index contributed by atoms with van der Waals surface area (Å²) in [6.07, 6.45) is 7.36. The standard InChI is InChI=1S/C10H15ClN2/c1-8-9(6-11)7-13(12-8)10-4-2-3-5-10/h7,10H,2-6H2,1H3. The van der Waals surface area contributed by atoms with Gasteiger partial charge >= 0.3 is 0 Å². The lowest BCUT2D eigenvalue weighted by Crippen LogP contribution is -2.04. The highest BCUT2D eigenvalue weighted by atomic mass is 35.5. The number of aryl methyl sites for hydroxylation is 1. The maximum Gasteiger partial charge on any atom is 0.0637 e. The van der Waals surface area contributed by atoms with Crippen molar-refractivity contribution in [2.45, 2.75) is 44.5 Å². The molecule has 13 heavy (non-hydrogen) atoms. The van der Waals surface area contributed by atoms with Crippen LogP contribution >= 0.6 is 11.6 Å². The first kappa shape index (κ1) is 9.07. The topological polar surface area (TPSA) is 17.8 Å². The molecule has 0 bridgehead atoms. The van der Waals surface area contributed by atoms with E-state index < -0.39 is 0 Å². The highest BCUT2D eigenvalue weighted by Gasteiger charge is 2.18. The Labute approximate surface area is 83.9 Å². The quantitative estimate of drug-likeness (QED) is 0.668. The molecule has 2 rings (SSSR count). The van der Waals surface area contributed by atoms with Crippen LogP contribution in [0, 0.1) is 6.92 Å². The minimum Gasteiger partial charge on any atom is -0.269 e. The molecule has 1 aromatic rings. The number of rotatable bonds is 2. The minimum absolute atomic E-state index is 0.582. The Morgan fingerprint density at radius 2 is 2.23 bits per heavy atom. The molecule has 0 atom stereocenters. The van der Waals surface area contributed by atoms with Crippen molar-refractivity contribution in [2.24, 2.45) is 0 Å². The third-order valence-electron chi connectivity index (χ3n) is 2.86. The summed E-state index contributed by atoms with van der Waals surface area (Å²) >= 11 is 5.80. The smallest absolute Gasteiger partial charge is 0.0637 e. The lowest BCUT2D eigenvalue weighted by atomic mass is 10.2. The predicted octanol–water partition coefficient (Wildman–Crippen LogP) is 3.05. The van der Waals surface area contributed by atoms with Gasteiger partial charge in [-0.2, -0.15) is 5.10 Å². The first-order valence-corrected chi connectivity index (χ1v) is 5.45. The van der Waals surface area contributed by atoms with Crippen LogP contribution < -0.4 is 0 Å².